The van der Waals surface area contributed by atoms with Crippen molar-refractivity contribution in [2.24, 2.45) is 5.92 Å². The molecular formula is C28H32ClFN6O5S. The molecule has 2 fully saturated rings. The molecule has 1 aromatic carbocycles. The molecule has 0 atom stereocenters. The van der Waals surface area contributed by atoms with E-state index in [9.17, 15) is 22.4 Å². The van der Waals surface area contributed by atoms with Gasteiger partial charge in [0.15, 0.2) is 0 Å². The van der Waals surface area contributed by atoms with E-state index in [1.807, 2.05) is 11.8 Å². The third-order valence-electron chi connectivity index (χ3n) is 7.63. The van der Waals surface area contributed by atoms with E-state index in [2.05, 4.69) is 9.71 Å². The molecule has 1 N–H and O–H groups in total. The van der Waals surface area contributed by atoms with Gasteiger partial charge in [0.25, 0.3) is 0 Å². The quantitative estimate of drug-likeness (QED) is 0.382. The maximum absolute atomic E-state index is 13.2. The van der Waals surface area contributed by atoms with E-state index in [0.717, 1.165) is 28.6 Å². The predicted molar refractivity (Wildman–Crippen MR) is 156 cm³/mol. The number of piperidine rings is 1. The first kappa shape index (κ1) is 29.8. The minimum Gasteiger partial charge on any atom is -0.441 e. The van der Waals surface area contributed by atoms with Crippen LogP contribution in [-0.4, -0.2) is 61.8 Å². The molecule has 2 aliphatic heterocycles. The van der Waals surface area contributed by atoms with Gasteiger partial charge in [-0.2, -0.15) is 8.42 Å². The summed E-state index contributed by atoms with van der Waals surface area (Å²) in [6, 6.07) is 6.68. The number of pyridine rings is 1. The molecule has 0 radical (unpaired) electrons. The molecule has 0 bridgehead atoms. The molecule has 3 aromatic rings. The smallest absolute Gasteiger partial charge is 0.325 e. The molecule has 2 amide bonds. The Morgan fingerprint density at radius 3 is 2.55 bits per heavy atom. The summed E-state index contributed by atoms with van der Waals surface area (Å²) < 4.78 is 47.7. The predicted octanol–water partition coefficient (Wildman–Crippen LogP) is 3.93. The number of hydrogen-bond donors (Lipinski definition) is 1. The highest BCUT2D eigenvalue weighted by Gasteiger charge is 2.32. The van der Waals surface area contributed by atoms with Crippen molar-refractivity contribution in [3.8, 4) is 11.5 Å². The fourth-order valence-electron chi connectivity index (χ4n) is 5.11. The van der Waals surface area contributed by atoms with Crippen LogP contribution in [0.1, 0.15) is 44.1 Å². The molecule has 0 saturated carbocycles. The zero-order chi connectivity index (χ0) is 30.0. The van der Waals surface area contributed by atoms with Crippen molar-refractivity contribution >= 4 is 45.1 Å². The van der Waals surface area contributed by atoms with E-state index in [1.54, 1.807) is 17.2 Å². The molecule has 224 valence electrons. The number of nitrogens with one attached hydrogen (secondary N) is 1. The lowest BCUT2D eigenvalue weighted by Gasteiger charge is -2.33. The van der Waals surface area contributed by atoms with Crippen molar-refractivity contribution in [2.45, 2.75) is 45.6 Å². The first-order valence-corrected chi connectivity index (χ1v) is 15.6. The Morgan fingerprint density at radius 2 is 1.93 bits per heavy atom. The van der Waals surface area contributed by atoms with E-state index in [1.165, 1.54) is 19.2 Å². The van der Waals surface area contributed by atoms with Gasteiger partial charge in [0.2, 0.25) is 17.7 Å². The van der Waals surface area contributed by atoms with Crippen LogP contribution in [-0.2, 0) is 32.8 Å². The summed E-state index contributed by atoms with van der Waals surface area (Å²) in [6.45, 7) is 3.73. The van der Waals surface area contributed by atoms with Crippen LogP contribution in [0.5, 0.6) is 0 Å². The summed E-state index contributed by atoms with van der Waals surface area (Å²) in [5, 5.41) is 0.379. The number of rotatable bonds is 9. The molecule has 2 aliphatic rings. The molecule has 0 unspecified atom stereocenters. The van der Waals surface area contributed by atoms with E-state index >= 15 is 0 Å². The highest BCUT2D eigenvalue weighted by Crippen LogP contribution is 2.35. The summed E-state index contributed by atoms with van der Waals surface area (Å²) in [5.41, 5.74) is 1.45. The van der Waals surface area contributed by atoms with Gasteiger partial charge in [-0.05, 0) is 49.6 Å². The van der Waals surface area contributed by atoms with Crippen LogP contribution in [0.3, 0.4) is 0 Å². The normalized spacial score (nSPS) is 16.2. The Bertz CT molecular complexity index is 1570. The minimum atomic E-state index is -4.18. The number of halogens is 2. The molecule has 0 aliphatic carbocycles. The van der Waals surface area contributed by atoms with Gasteiger partial charge >= 0.3 is 10.2 Å². The van der Waals surface area contributed by atoms with E-state index < -0.39 is 27.9 Å². The zero-order valence-electron chi connectivity index (χ0n) is 23.3. The molecule has 11 nitrogen and oxygen atoms in total. The number of nitrogens with zero attached hydrogens (tertiary/aromatic N) is 5. The Labute approximate surface area is 248 Å². The van der Waals surface area contributed by atoms with Crippen LogP contribution < -0.4 is 13.9 Å². The van der Waals surface area contributed by atoms with Crippen molar-refractivity contribution < 1.29 is 26.8 Å². The SMILES string of the molecule is CCc1cnc(-c2cc(Cl)c(N3CCC(C(=O)NS(=O)(=O)N(C)c4ccc(F)cc4)CC3)nc2CN2CCCC2=O)o1. The van der Waals surface area contributed by atoms with Gasteiger partial charge in [0.05, 0.1) is 34.7 Å². The largest absolute Gasteiger partial charge is 0.441 e. The van der Waals surface area contributed by atoms with Crippen LogP contribution in [0, 0.1) is 11.7 Å². The summed E-state index contributed by atoms with van der Waals surface area (Å²) in [5.74, 6) is 0.0411. The van der Waals surface area contributed by atoms with Crippen LogP contribution in [0.15, 0.2) is 40.9 Å². The Morgan fingerprint density at radius 1 is 1.21 bits per heavy atom. The van der Waals surface area contributed by atoms with E-state index in [4.69, 9.17) is 21.0 Å². The lowest BCUT2D eigenvalue weighted by atomic mass is 9.96. The van der Waals surface area contributed by atoms with Crippen molar-refractivity contribution in [1.82, 2.24) is 19.6 Å². The highest BCUT2D eigenvalue weighted by molar-refractivity contribution is 7.91. The van der Waals surface area contributed by atoms with Crippen LogP contribution in [0.25, 0.3) is 11.5 Å². The minimum absolute atomic E-state index is 0.0627. The van der Waals surface area contributed by atoms with Crippen LogP contribution in [0.4, 0.5) is 15.9 Å². The Kier molecular flexibility index (Phi) is 8.69. The number of hydrogen-bond acceptors (Lipinski definition) is 8. The molecule has 4 heterocycles. The van der Waals surface area contributed by atoms with E-state index in [-0.39, 0.29) is 11.6 Å². The lowest BCUT2D eigenvalue weighted by molar-refractivity contribution is -0.128. The maximum atomic E-state index is 13.2. The molecule has 2 aromatic heterocycles. The summed E-state index contributed by atoms with van der Waals surface area (Å²) >= 11 is 6.72. The van der Waals surface area contributed by atoms with Gasteiger partial charge in [-0.1, -0.05) is 18.5 Å². The number of benzene rings is 1. The summed E-state index contributed by atoms with van der Waals surface area (Å²) in [4.78, 5) is 38.3. The molecular weight excluding hydrogens is 587 g/mol. The number of carbonyl (C=O) groups is 2. The van der Waals surface area contributed by atoms with Gasteiger partial charge in [0, 0.05) is 45.4 Å². The van der Waals surface area contributed by atoms with Crippen molar-refractivity contribution in [1.29, 1.82) is 0 Å². The summed E-state index contributed by atoms with van der Waals surface area (Å²) in [7, 11) is -2.89. The number of oxazole rings is 1. The van der Waals surface area contributed by atoms with E-state index in [0.29, 0.717) is 79.9 Å². The first-order valence-electron chi connectivity index (χ1n) is 13.8. The van der Waals surface area contributed by atoms with Crippen molar-refractivity contribution in [2.75, 3.05) is 35.9 Å². The second-order valence-electron chi connectivity index (χ2n) is 10.4. The van der Waals surface area contributed by atoms with Gasteiger partial charge in [-0.25, -0.2) is 19.1 Å². The summed E-state index contributed by atoms with van der Waals surface area (Å²) in [6.07, 6.45) is 4.38. The zero-order valence-corrected chi connectivity index (χ0v) is 24.9. The second-order valence-corrected chi connectivity index (χ2v) is 12.5. The molecule has 2 saturated heterocycles. The van der Waals surface area contributed by atoms with Gasteiger partial charge in [-0.15, -0.1) is 0 Å². The number of amides is 2. The Balaban J connectivity index is 1.30. The lowest BCUT2D eigenvalue weighted by Crippen LogP contribution is -2.47. The maximum Gasteiger partial charge on any atom is 0.325 e. The number of anilines is 2. The van der Waals surface area contributed by atoms with Crippen molar-refractivity contribution in [3.63, 3.8) is 0 Å². The third kappa shape index (κ3) is 6.36. The van der Waals surface area contributed by atoms with Gasteiger partial charge < -0.3 is 14.2 Å². The molecule has 42 heavy (non-hydrogen) atoms. The fraction of sp³-hybridized carbons (Fsp3) is 0.429. The first-order chi connectivity index (χ1) is 20.1. The van der Waals surface area contributed by atoms with Crippen molar-refractivity contribution in [3.05, 3.63) is 58.8 Å². The fourth-order valence-corrected chi connectivity index (χ4v) is 6.34. The topological polar surface area (TPSA) is 129 Å². The average molecular weight is 619 g/mol. The van der Waals surface area contributed by atoms with Gasteiger partial charge in [-0.3, -0.25) is 13.9 Å². The number of likely N-dealkylation sites (tertiary alicyclic amines) is 1. The Hall–Kier alpha value is -3.71. The average Bonchev–Trinajstić information content (AvgIpc) is 3.62. The van der Waals surface area contributed by atoms with Gasteiger partial charge in [0.1, 0.15) is 17.4 Å². The second kappa shape index (κ2) is 12.3. The van der Waals surface area contributed by atoms with Crippen LogP contribution in [0.2, 0.25) is 5.02 Å². The molecule has 14 heteroatoms. The number of aromatic nitrogens is 2. The molecule has 0 spiro atoms. The third-order valence-corrected chi connectivity index (χ3v) is 9.30. The number of carbonyl (C=O) groups excluding carboxylic acids is 2. The number of aryl methyl sites for hydroxylation is 1. The molecule has 5 rings (SSSR count). The monoisotopic (exact) mass is 618 g/mol. The highest BCUT2D eigenvalue weighted by atomic mass is 35.5. The van der Waals surface area contributed by atoms with Crippen LogP contribution >= 0.6 is 11.6 Å². The standard InChI is InChI=1S/C28H32ClFN6O5S/c1-3-21-16-31-28(41-21)22-15-23(29)26(32-24(22)17-36-12-4-5-25(36)37)35-13-10-18(11-14-35)27(38)33-42(39,40)34(2)20-8-6-19(30)7-9-20/h6-9,15-16,18H,3-5,10-14,17H2,1-2H3,(H,33,38).